The lowest BCUT2D eigenvalue weighted by Crippen LogP contribution is -2.49. The van der Waals surface area contributed by atoms with Crippen LogP contribution in [0.1, 0.15) is 55.8 Å². The van der Waals surface area contributed by atoms with Gasteiger partial charge in [0.15, 0.2) is 0 Å². The fourth-order valence-electron chi connectivity index (χ4n) is 5.63. The summed E-state index contributed by atoms with van der Waals surface area (Å²) in [5.74, 6) is 2.07. The molecule has 4 aliphatic carbocycles. The van der Waals surface area contributed by atoms with E-state index in [1.54, 1.807) is 6.07 Å². The second-order valence-corrected chi connectivity index (χ2v) is 8.14. The lowest BCUT2D eigenvalue weighted by Gasteiger charge is -2.56. The zero-order valence-corrected chi connectivity index (χ0v) is 14.4. The van der Waals surface area contributed by atoms with E-state index >= 15 is 0 Å². The molecule has 4 saturated carbocycles. The number of nitrogens with zero attached hydrogens (tertiary/aromatic N) is 2. The van der Waals surface area contributed by atoms with E-state index in [4.69, 9.17) is 0 Å². The number of hydrazone groups is 1. The maximum absolute atomic E-state index is 12.3. The van der Waals surface area contributed by atoms with Gasteiger partial charge in [0.1, 0.15) is 0 Å². The van der Waals surface area contributed by atoms with E-state index in [0.717, 1.165) is 23.5 Å². The molecule has 6 nitrogen and oxygen atoms in total. The lowest BCUT2D eigenvalue weighted by molar-refractivity contribution is -0.384. The van der Waals surface area contributed by atoms with Gasteiger partial charge in [-0.2, -0.15) is 5.10 Å². The number of carbonyl (C=O) groups excluding carboxylic acids is 1. The lowest BCUT2D eigenvalue weighted by atomic mass is 9.48. The average Bonchev–Trinajstić information content (AvgIpc) is 2.58. The molecule has 1 amide bonds. The zero-order valence-electron chi connectivity index (χ0n) is 14.4. The first-order chi connectivity index (χ1) is 11.9. The SMILES string of the molecule is C/C(=N/NC(=O)c1cccc([N+](=O)[O-])c1)C12CC3CC(CC(C3)C1)C2. The van der Waals surface area contributed by atoms with E-state index in [9.17, 15) is 14.9 Å². The van der Waals surface area contributed by atoms with Crippen LogP contribution in [0.3, 0.4) is 0 Å². The van der Waals surface area contributed by atoms with Crippen LogP contribution in [-0.2, 0) is 0 Å². The summed E-state index contributed by atoms with van der Waals surface area (Å²) in [6.07, 6.45) is 7.69. The number of benzene rings is 1. The Morgan fingerprint density at radius 3 is 2.36 bits per heavy atom. The highest BCUT2D eigenvalue weighted by Crippen LogP contribution is 2.60. The highest BCUT2D eigenvalue weighted by Gasteiger charge is 2.52. The van der Waals surface area contributed by atoms with Gasteiger partial charge in [-0.15, -0.1) is 0 Å². The topological polar surface area (TPSA) is 84.6 Å². The third-order valence-electron chi connectivity index (χ3n) is 6.45. The smallest absolute Gasteiger partial charge is 0.267 e. The predicted octanol–water partition coefficient (Wildman–Crippen LogP) is 3.92. The van der Waals surface area contributed by atoms with E-state index in [1.807, 2.05) is 6.92 Å². The van der Waals surface area contributed by atoms with Crippen LogP contribution in [0.5, 0.6) is 0 Å². The van der Waals surface area contributed by atoms with Gasteiger partial charge in [-0.05, 0) is 69.3 Å². The van der Waals surface area contributed by atoms with Crippen LogP contribution in [0, 0.1) is 33.3 Å². The summed E-state index contributed by atoms with van der Waals surface area (Å²) in [7, 11) is 0. The summed E-state index contributed by atoms with van der Waals surface area (Å²) in [6.45, 7) is 2.03. The van der Waals surface area contributed by atoms with E-state index in [2.05, 4.69) is 10.5 Å². The summed E-state index contributed by atoms with van der Waals surface area (Å²) in [5.41, 5.74) is 3.96. The monoisotopic (exact) mass is 341 g/mol. The number of amides is 1. The van der Waals surface area contributed by atoms with Crippen molar-refractivity contribution in [1.29, 1.82) is 0 Å². The summed E-state index contributed by atoms with van der Waals surface area (Å²) >= 11 is 0. The van der Waals surface area contributed by atoms with Crippen molar-refractivity contribution in [3.63, 3.8) is 0 Å². The number of carbonyl (C=O) groups is 1. The van der Waals surface area contributed by atoms with Crippen molar-refractivity contribution in [2.75, 3.05) is 0 Å². The Balaban J connectivity index is 1.49. The zero-order chi connectivity index (χ0) is 17.6. The number of nitro groups is 1. The molecule has 1 aromatic rings. The van der Waals surface area contributed by atoms with Gasteiger partial charge in [-0.25, -0.2) is 5.43 Å². The maximum Gasteiger partial charge on any atom is 0.271 e. The quantitative estimate of drug-likeness (QED) is 0.512. The van der Waals surface area contributed by atoms with Crippen LogP contribution in [0.25, 0.3) is 0 Å². The fourth-order valence-corrected chi connectivity index (χ4v) is 5.63. The molecule has 1 N–H and O–H groups in total. The summed E-state index contributed by atoms with van der Waals surface area (Å²) in [6, 6.07) is 5.74. The normalized spacial score (nSPS) is 33.3. The second-order valence-electron chi connectivity index (χ2n) is 8.14. The minimum absolute atomic E-state index is 0.0885. The van der Waals surface area contributed by atoms with Gasteiger partial charge in [0.05, 0.1) is 4.92 Å². The van der Waals surface area contributed by atoms with Gasteiger partial charge >= 0.3 is 0 Å². The molecular formula is C19H23N3O3. The van der Waals surface area contributed by atoms with Crippen LogP contribution >= 0.6 is 0 Å². The molecule has 0 heterocycles. The Morgan fingerprint density at radius 2 is 1.80 bits per heavy atom. The van der Waals surface area contributed by atoms with Gasteiger partial charge in [-0.1, -0.05) is 6.07 Å². The maximum atomic E-state index is 12.3. The molecule has 0 radical (unpaired) electrons. The summed E-state index contributed by atoms with van der Waals surface area (Å²) < 4.78 is 0. The largest absolute Gasteiger partial charge is 0.271 e. The third-order valence-corrected chi connectivity index (χ3v) is 6.45. The molecule has 0 unspecified atom stereocenters. The number of rotatable bonds is 4. The van der Waals surface area contributed by atoms with Gasteiger partial charge < -0.3 is 0 Å². The van der Waals surface area contributed by atoms with Crippen molar-refractivity contribution in [1.82, 2.24) is 5.43 Å². The number of nitrogens with one attached hydrogen (secondary N) is 1. The number of nitro benzene ring substituents is 1. The number of non-ortho nitro benzene ring substituents is 1. The van der Waals surface area contributed by atoms with Crippen molar-refractivity contribution in [3.05, 3.63) is 39.9 Å². The Bertz CT molecular complexity index is 721. The molecule has 5 rings (SSSR count). The minimum atomic E-state index is -0.499. The first-order valence-corrected chi connectivity index (χ1v) is 9.05. The summed E-state index contributed by atoms with van der Waals surface area (Å²) in [5, 5.41) is 15.3. The summed E-state index contributed by atoms with van der Waals surface area (Å²) in [4.78, 5) is 22.7. The van der Waals surface area contributed by atoms with E-state index < -0.39 is 10.8 Å². The van der Waals surface area contributed by atoms with Crippen molar-refractivity contribution in [2.24, 2.45) is 28.3 Å². The Kier molecular flexibility index (Phi) is 3.85. The van der Waals surface area contributed by atoms with Crippen molar-refractivity contribution < 1.29 is 9.72 Å². The predicted molar refractivity (Wildman–Crippen MR) is 94.3 cm³/mol. The first-order valence-electron chi connectivity index (χ1n) is 9.05. The Hall–Kier alpha value is -2.24. The van der Waals surface area contributed by atoms with Crippen molar-refractivity contribution in [3.8, 4) is 0 Å². The molecule has 0 saturated heterocycles. The molecular weight excluding hydrogens is 318 g/mol. The first kappa shape index (κ1) is 16.2. The van der Waals surface area contributed by atoms with E-state index in [1.165, 1.54) is 56.7 Å². The van der Waals surface area contributed by atoms with Crippen LogP contribution in [-0.4, -0.2) is 16.5 Å². The molecule has 4 aliphatic rings. The molecule has 4 fully saturated rings. The average molecular weight is 341 g/mol. The van der Waals surface area contributed by atoms with Gasteiger partial charge in [0.25, 0.3) is 11.6 Å². The fraction of sp³-hybridized carbons (Fsp3) is 0.579. The Labute approximate surface area is 146 Å². The number of hydrogen-bond donors (Lipinski definition) is 1. The van der Waals surface area contributed by atoms with Crippen LogP contribution in [0.4, 0.5) is 5.69 Å². The third kappa shape index (κ3) is 2.94. The minimum Gasteiger partial charge on any atom is -0.267 e. The highest BCUT2D eigenvalue weighted by atomic mass is 16.6. The van der Waals surface area contributed by atoms with Crippen LogP contribution in [0.2, 0.25) is 0 Å². The van der Waals surface area contributed by atoms with Crippen LogP contribution in [0.15, 0.2) is 29.4 Å². The molecule has 6 heteroatoms. The van der Waals surface area contributed by atoms with Gasteiger partial charge in [0, 0.05) is 28.8 Å². The molecule has 0 spiro atoms. The number of hydrogen-bond acceptors (Lipinski definition) is 4. The van der Waals surface area contributed by atoms with Crippen molar-refractivity contribution >= 4 is 17.3 Å². The standard InChI is InChI=1S/C19H23N3O3/c1-12(19-9-13-5-14(10-19)7-15(6-13)11-19)20-21-18(23)16-3-2-4-17(8-16)22(24)25/h2-4,8,13-15H,5-7,9-11H2,1H3,(H,21,23)/b20-12-. The van der Waals surface area contributed by atoms with E-state index in [-0.39, 0.29) is 16.7 Å². The molecule has 132 valence electrons. The van der Waals surface area contributed by atoms with E-state index in [0.29, 0.717) is 0 Å². The Morgan fingerprint density at radius 1 is 1.20 bits per heavy atom. The van der Waals surface area contributed by atoms with Gasteiger partial charge in [-0.3, -0.25) is 14.9 Å². The highest BCUT2D eigenvalue weighted by molar-refractivity contribution is 5.96. The van der Waals surface area contributed by atoms with Crippen LogP contribution < -0.4 is 5.43 Å². The molecule has 0 aliphatic heterocycles. The molecule has 0 atom stereocenters. The van der Waals surface area contributed by atoms with Gasteiger partial charge in [0.2, 0.25) is 0 Å². The van der Waals surface area contributed by atoms with Crippen molar-refractivity contribution in [2.45, 2.75) is 45.4 Å². The molecule has 25 heavy (non-hydrogen) atoms. The second kappa shape index (κ2) is 5.93. The molecule has 0 aromatic heterocycles. The molecule has 1 aromatic carbocycles. The molecule has 4 bridgehead atoms.